The number of hydrogen-bond donors (Lipinski definition) is 2. The van der Waals surface area contributed by atoms with Gasteiger partial charge in [-0.15, -0.1) is 0 Å². The monoisotopic (exact) mass is 181 g/mol. The SMILES string of the molecule is CC(C)(C)Nc1ccnc(CO)n1. The molecule has 4 nitrogen and oxygen atoms in total. The summed E-state index contributed by atoms with van der Waals surface area (Å²) in [7, 11) is 0. The molecule has 0 fully saturated rings. The predicted octanol–water partition coefficient (Wildman–Crippen LogP) is 1.18. The zero-order valence-electron chi connectivity index (χ0n) is 8.20. The third-order valence-electron chi connectivity index (χ3n) is 1.35. The lowest BCUT2D eigenvalue weighted by molar-refractivity contribution is 0.271. The van der Waals surface area contributed by atoms with E-state index in [2.05, 4.69) is 15.3 Å². The van der Waals surface area contributed by atoms with Crippen LogP contribution in [0.4, 0.5) is 5.82 Å². The maximum atomic E-state index is 8.81. The number of anilines is 1. The lowest BCUT2D eigenvalue weighted by Gasteiger charge is -2.21. The van der Waals surface area contributed by atoms with Gasteiger partial charge in [0.25, 0.3) is 0 Å². The molecule has 1 heterocycles. The van der Waals surface area contributed by atoms with Crippen LogP contribution in [0.1, 0.15) is 26.6 Å². The predicted molar refractivity (Wildman–Crippen MR) is 51.3 cm³/mol. The van der Waals surface area contributed by atoms with Crippen LogP contribution in [0.5, 0.6) is 0 Å². The van der Waals surface area contributed by atoms with E-state index < -0.39 is 0 Å². The number of nitrogens with one attached hydrogen (secondary N) is 1. The van der Waals surface area contributed by atoms with Crippen LogP contribution in [-0.2, 0) is 6.61 Å². The summed E-state index contributed by atoms with van der Waals surface area (Å²) in [5.74, 6) is 1.18. The molecule has 0 aliphatic rings. The molecule has 0 saturated heterocycles. The summed E-state index contributed by atoms with van der Waals surface area (Å²) in [6.45, 7) is 6.02. The average molecular weight is 181 g/mol. The van der Waals surface area contributed by atoms with Crippen molar-refractivity contribution in [1.29, 1.82) is 0 Å². The maximum absolute atomic E-state index is 8.81. The molecule has 0 unspecified atom stereocenters. The molecule has 72 valence electrons. The zero-order valence-corrected chi connectivity index (χ0v) is 8.20. The second kappa shape index (κ2) is 3.70. The largest absolute Gasteiger partial charge is 0.388 e. The molecule has 0 aromatic carbocycles. The van der Waals surface area contributed by atoms with Gasteiger partial charge in [0.1, 0.15) is 12.4 Å². The first-order valence-corrected chi connectivity index (χ1v) is 4.22. The van der Waals surface area contributed by atoms with Gasteiger partial charge in [0.05, 0.1) is 0 Å². The van der Waals surface area contributed by atoms with Crippen molar-refractivity contribution in [2.24, 2.45) is 0 Å². The Morgan fingerprint density at radius 3 is 2.69 bits per heavy atom. The smallest absolute Gasteiger partial charge is 0.156 e. The quantitative estimate of drug-likeness (QED) is 0.719. The fourth-order valence-corrected chi connectivity index (χ4v) is 0.929. The van der Waals surface area contributed by atoms with Gasteiger partial charge in [-0.3, -0.25) is 0 Å². The molecule has 0 aliphatic carbocycles. The normalized spacial score (nSPS) is 11.4. The first kappa shape index (κ1) is 9.92. The van der Waals surface area contributed by atoms with Crippen molar-refractivity contribution in [1.82, 2.24) is 9.97 Å². The Labute approximate surface area is 78.0 Å². The molecule has 0 radical (unpaired) electrons. The van der Waals surface area contributed by atoms with Crippen molar-refractivity contribution in [2.75, 3.05) is 5.32 Å². The minimum atomic E-state index is -0.125. The number of rotatable bonds is 2. The highest BCUT2D eigenvalue weighted by Gasteiger charge is 2.09. The fourth-order valence-electron chi connectivity index (χ4n) is 0.929. The summed E-state index contributed by atoms with van der Waals surface area (Å²) >= 11 is 0. The maximum Gasteiger partial charge on any atom is 0.156 e. The van der Waals surface area contributed by atoms with Crippen molar-refractivity contribution >= 4 is 5.82 Å². The second-order valence-corrected chi connectivity index (χ2v) is 3.89. The molecule has 0 bridgehead atoms. The van der Waals surface area contributed by atoms with E-state index in [9.17, 15) is 0 Å². The molecule has 0 saturated carbocycles. The summed E-state index contributed by atoms with van der Waals surface area (Å²) < 4.78 is 0. The molecule has 0 spiro atoms. The van der Waals surface area contributed by atoms with Crippen LogP contribution < -0.4 is 5.32 Å². The number of aromatic nitrogens is 2. The highest BCUT2D eigenvalue weighted by atomic mass is 16.3. The Bertz CT molecular complexity index is 280. The minimum Gasteiger partial charge on any atom is -0.388 e. The van der Waals surface area contributed by atoms with E-state index in [4.69, 9.17) is 5.11 Å². The number of aliphatic hydroxyl groups excluding tert-OH is 1. The van der Waals surface area contributed by atoms with Gasteiger partial charge in [-0.1, -0.05) is 0 Å². The zero-order chi connectivity index (χ0) is 9.90. The Morgan fingerprint density at radius 2 is 2.15 bits per heavy atom. The van der Waals surface area contributed by atoms with Gasteiger partial charge in [-0.2, -0.15) is 0 Å². The van der Waals surface area contributed by atoms with Gasteiger partial charge in [0.2, 0.25) is 0 Å². The summed E-state index contributed by atoms with van der Waals surface area (Å²) in [5, 5.41) is 12.0. The fraction of sp³-hybridized carbons (Fsp3) is 0.556. The van der Waals surface area contributed by atoms with Crippen molar-refractivity contribution < 1.29 is 5.11 Å². The Hall–Kier alpha value is -1.16. The summed E-state index contributed by atoms with van der Waals surface area (Å²) in [5.41, 5.74) is -0.0267. The summed E-state index contributed by atoms with van der Waals surface area (Å²) in [4.78, 5) is 7.99. The number of nitrogens with zero attached hydrogens (tertiary/aromatic N) is 2. The minimum absolute atomic E-state index is 0.0267. The van der Waals surface area contributed by atoms with Crippen molar-refractivity contribution in [3.8, 4) is 0 Å². The summed E-state index contributed by atoms with van der Waals surface area (Å²) in [6, 6.07) is 1.78. The van der Waals surface area contributed by atoms with Crippen molar-refractivity contribution in [2.45, 2.75) is 32.9 Å². The van der Waals surface area contributed by atoms with E-state index in [1.807, 2.05) is 20.8 Å². The number of aliphatic hydroxyl groups is 1. The van der Waals surface area contributed by atoms with Crippen LogP contribution in [0.15, 0.2) is 12.3 Å². The molecular weight excluding hydrogens is 166 g/mol. The molecule has 1 aromatic heterocycles. The van der Waals surface area contributed by atoms with E-state index in [1.54, 1.807) is 12.3 Å². The molecule has 0 atom stereocenters. The Morgan fingerprint density at radius 1 is 1.46 bits per heavy atom. The lowest BCUT2D eigenvalue weighted by Crippen LogP contribution is -2.26. The van der Waals surface area contributed by atoms with Crippen LogP contribution in [0.3, 0.4) is 0 Å². The van der Waals surface area contributed by atoms with Crippen LogP contribution in [-0.4, -0.2) is 20.6 Å². The second-order valence-electron chi connectivity index (χ2n) is 3.89. The van der Waals surface area contributed by atoms with Gasteiger partial charge < -0.3 is 10.4 Å². The third kappa shape index (κ3) is 3.38. The first-order valence-electron chi connectivity index (χ1n) is 4.22. The Balaban J connectivity index is 2.78. The molecule has 0 amide bonds. The van der Waals surface area contributed by atoms with E-state index in [1.165, 1.54) is 0 Å². The molecule has 0 aliphatic heterocycles. The van der Waals surface area contributed by atoms with Crippen molar-refractivity contribution in [3.05, 3.63) is 18.1 Å². The molecule has 4 heteroatoms. The third-order valence-corrected chi connectivity index (χ3v) is 1.35. The number of hydrogen-bond acceptors (Lipinski definition) is 4. The molecule has 13 heavy (non-hydrogen) atoms. The van der Waals surface area contributed by atoms with Crippen LogP contribution in [0, 0.1) is 0 Å². The highest BCUT2D eigenvalue weighted by molar-refractivity contribution is 5.35. The Kier molecular flexibility index (Phi) is 2.83. The standard InChI is InChI=1S/C9H15N3O/c1-9(2,3)12-7-4-5-10-8(6-13)11-7/h4-5,13H,6H2,1-3H3,(H,10,11,12). The van der Waals surface area contributed by atoms with Gasteiger partial charge in [-0.25, -0.2) is 9.97 Å². The highest BCUT2D eigenvalue weighted by Crippen LogP contribution is 2.10. The van der Waals surface area contributed by atoms with Crippen LogP contribution in [0.25, 0.3) is 0 Å². The lowest BCUT2D eigenvalue weighted by atomic mass is 10.1. The molecular formula is C9H15N3O. The summed E-state index contributed by atoms with van der Waals surface area (Å²) in [6.07, 6.45) is 1.63. The van der Waals surface area contributed by atoms with Crippen LogP contribution in [0.2, 0.25) is 0 Å². The molecule has 1 aromatic rings. The van der Waals surface area contributed by atoms with Crippen LogP contribution >= 0.6 is 0 Å². The molecule has 2 N–H and O–H groups in total. The van der Waals surface area contributed by atoms with Gasteiger partial charge in [0, 0.05) is 11.7 Å². The molecule has 1 rings (SSSR count). The van der Waals surface area contributed by atoms with E-state index in [0.29, 0.717) is 5.82 Å². The first-order chi connectivity index (χ1) is 6.01. The van der Waals surface area contributed by atoms with Gasteiger partial charge in [0.15, 0.2) is 5.82 Å². The van der Waals surface area contributed by atoms with E-state index >= 15 is 0 Å². The van der Waals surface area contributed by atoms with E-state index in [-0.39, 0.29) is 12.1 Å². The van der Waals surface area contributed by atoms with Crippen molar-refractivity contribution in [3.63, 3.8) is 0 Å². The van der Waals surface area contributed by atoms with Gasteiger partial charge in [-0.05, 0) is 26.8 Å². The topological polar surface area (TPSA) is 58.0 Å². The van der Waals surface area contributed by atoms with Gasteiger partial charge >= 0.3 is 0 Å². The van der Waals surface area contributed by atoms with E-state index in [0.717, 1.165) is 5.82 Å². The average Bonchev–Trinajstić information content (AvgIpc) is 2.01.